The van der Waals surface area contributed by atoms with Crippen LogP contribution >= 0.6 is 0 Å². The number of aromatic nitrogens is 3. The lowest BCUT2D eigenvalue weighted by atomic mass is 10.0. The summed E-state index contributed by atoms with van der Waals surface area (Å²) >= 11 is 0. The maximum absolute atomic E-state index is 4.62. The number of aryl methyl sites for hydroxylation is 1. The summed E-state index contributed by atoms with van der Waals surface area (Å²) in [5.41, 5.74) is 2.49. The number of fused-ring (bicyclic) bond motifs is 1. The maximum Gasteiger partial charge on any atom is 0.251 e. The monoisotopic (exact) mass is 283 g/mol. The average Bonchev–Trinajstić information content (AvgIpc) is 2.45. The normalized spacial score (nSPS) is 14.7. The fourth-order valence-corrected chi connectivity index (χ4v) is 2.59. The van der Waals surface area contributed by atoms with Gasteiger partial charge in [-0.3, -0.25) is 0 Å². The van der Waals surface area contributed by atoms with Gasteiger partial charge < -0.3 is 10.2 Å². The standard InChI is InChI=1S/C16H21N5/c1-16(2,3)19-14-11-17-20-15(18-14)21-10-6-8-12-7-4-5-9-13(12)21/h4-5,7,9,11H,6,8,10H2,1-3H3,(H,18,19,20). The van der Waals surface area contributed by atoms with Crippen molar-refractivity contribution in [3.05, 3.63) is 36.0 Å². The summed E-state index contributed by atoms with van der Waals surface area (Å²) in [5, 5.41) is 11.7. The molecule has 0 amide bonds. The summed E-state index contributed by atoms with van der Waals surface area (Å²) in [4.78, 5) is 6.77. The highest BCUT2D eigenvalue weighted by atomic mass is 15.3. The number of para-hydroxylation sites is 1. The molecule has 0 radical (unpaired) electrons. The Labute approximate surface area is 125 Å². The van der Waals surface area contributed by atoms with E-state index in [1.54, 1.807) is 6.20 Å². The lowest BCUT2D eigenvalue weighted by Gasteiger charge is -2.29. The third kappa shape index (κ3) is 3.12. The molecule has 2 heterocycles. The summed E-state index contributed by atoms with van der Waals surface area (Å²) in [5.74, 6) is 1.42. The van der Waals surface area contributed by atoms with Crippen molar-refractivity contribution in [2.24, 2.45) is 0 Å². The number of nitrogens with zero attached hydrogens (tertiary/aromatic N) is 4. The highest BCUT2D eigenvalue weighted by Crippen LogP contribution is 2.31. The van der Waals surface area contributed by atoms with E-state index in [1.165, 1.54) is 11.3 Å². The second-order valence-corrected chi connectivity index (χ2v) is 6.40. The van der Waals surface area contributed by atoms with Crippen molar-refractivity contribution in [3.8, 4) is 0 Å². The molecule has 2 aromatic rings. The van der Waals surface area contributed by atoms with E-state index in [0.717, 1.165) is 25.2 Å². The van der Waals surface area contributed by atoms with Gasteiger partial charge in [0.25, 0.3) is 5.95 Å². The Bertz CT molecular complexity index is 633. The maximum atomic E-state index is 4.62. The molecule has 0 saturated heterocycles. The molecule has 0 spiro atoms. The van der Waals surface area contributed by atoms with Crippen LogP contribution in [-0.2, 0) is 6.42 Å². The van der Waals surface area contributed by atoms with Gasteiger partial charge in [-0.2, -0.15) is 10.1 Å². The van der Waals surface area contributed by atoms with E-state index in [9.17, 15) is 0 Å². The van der Waals surface area contributed by atoms with Crippen LogP contribution in [0.3, 0.4) is 0 Å². The molecular weight excluding hydrogens is 262 g/mol. The molecule has 1 aliphatic rings. The fourth-order valence-electron chi connectivity index (χ4n) is 2.59. The molecule has 0 bridgehead atoms. The minimum Gasteiger partial charge on any atom is -0.364 e. The van der Waals surface area contributed by atoms with Crippen LogP contribution in [0.5, 0.6) is 0 Å². The summed E-state index contributed by atoms with van der Waals surface area (Å²) in [7, 11) is 0. The highest BCUT2D eigenvalue weighted by Gasteiger charge is 2.21. The summed E-state index contributed by atoms with van der Waals surface area (Å²) in [6, 6.07) is 8.44. The van der Waals surface area contributed by atoms with Crippen molar-refractivity contribution in [1.29, 1.82) is 0 Å². The Kier molecular flexibility index (Phi) is 3.49. The van der Waals surface area contributed by atoms with Gasteiger partial charge in [-0.15, -0.1) is 5.10 Å². The van der Waals surface area contributed by atoms with Gasteiger partial charge in [0, 0.05) is 17.8 Å². The van der Waals surface area contributed by atoms with Crippen molar-refractivity contribution < 1.29 is 0 Å². The molecular formula is C16H21N5. The molecule has 5 nitrogen and oxygen atoms in total. The Morgan fingerprint density at radius 3 is 2.81 bits per heavy atom. The first-order valence-corrected chi connectivity index (χ1v) is 7.36. The third-order valence-corrected chi connectivity index (χ3v) is 3.40. The van der Waals surface area contributed by atoms with E-state index in [-0.39, 0.29) is 5.54 Å². The number of hydrogen-bond donors (Lipinski definition) is 1. The van der Waals surface area contributed by atoms with Crippen LogP contribution in [0.1, 0.15) is 32.8 Å². The van der Waals surface area contributed by atoms with Crippen molar-refractivity contribution >= 4 is 17.5 Å². The third-order valence-electron chi connectivity index (χ3n) is 3.40. The number of anilines is 3. The van der Waals surface area contributed by atoms with E-state index < -0.39 is 0 Å². The molecule has 0 saturated carbocycles. The molecule has 0 unspecified atom stereocenters. The Morgan fingerprint density at radius 1 is 1.19 bits per heavy atom. The van der Waals surface area contributed by atoms with Crippen LogP contribution in [0.2, 0.25) is 0 Å². The number of hydrogen-bond acceptors (Lipinski definition) is 5. The Hall–Kier alpha value is -2.17. The second kappa shape index (κ2) is 5.31. The van der Waals surface area contributed by atoms with Crippen molar-refractivity contribution in [2.75, 3.05) is 16.8 Å². The summed E-state index contributed by atoms with van der Waals surface area (Å²) in [6.07, 6.45) is 3.89. The smallest absolute Gasteiger partial charge is 0.251 e. The van der Waals surface area contributed by atoms with Gasteiger partial charge in [0.15, 0.2) is 5.82 Å². The highest BCUT2D eigenvalue weighted by molar-refractivity contribution is 5.63. The van der Waals surface area contributed by atoms with Crippen LogP contribution in [-0.4, -0.2) is 27.3 Å². The van der Waals surface area contributed by atoms with Gasteiger partial charge in [0.2, 0.25) is 0 Å². The quantitative estimate of drug-likeness (QED) is 0.917. The van der Waals surface area contributed by atoms with Crippen LogP contribution in [0.4, 0.5) is 17.5 Å². The second-order valence-electron chi connectivity index (χ2n) is 6.40. The zero-order chi connectivity index (χ0) is 14.9. The molecule has 110 valence electrons. The van der Waals surface area contributed by atoms with Crippen LogP contribution in [0.15, 0.2) is 30.5 Å². The average molecular weight is 283 g/mol. The molecule has 0 atom stereocenters. The summed E-state index contributed by atoms with van der Waals surface area (Å²) in [6.45, 7) is 7.23. The van der Waals surface area contributed by atoms with Gasteiger partial charge >= 0.3 is 0 Å². The topological polar surface area (TPSA) is 53.9 Å². The zero-order valence-electron chi connectivity index (χ0n) is 12.8. The predicted octanol–water partition coefficient (Wildman–Crippen LogP) is 3.17. The first-order valence-electron chi connectivity index (χ1n) is 7.36. The molecule has 3 rings (SSSR count). The molecule has 21 heavy (non-hydrogen) atoms. The van der Waals surface area contributed by atoms with Gasteiger partial charge in [-0.1, -0.05) is 18.2 Å². The predicted molar refractivity (Wildman–Crippen MR) is 85.0 cm³/mol. The van der Waals surface area contributed by atoms with E-state index in [2.05, 4.69) is 70.4 Å². The largest absolute Gasteiger partial charge is 0.364 e. The lowest BCUT2D eigenvalue weighted by molar-refractivity contribution is 0.628. The first-order chi connectivity index (χ1) is 10.0. The minimum absolute atomic E-state index is 0.0485. The van der Waals surface area contributed by atoms with Crippen LogP contribution in [0, 0.1) is 0 Å². The molecule has 5 heteroatoms. The van der Waals surface area contributed by atoms with E-state index in [4.69, 9.17) is 0 Å². The molecule has 1 N–H and O–H groups in total. The van der Waals surface area contributed by atoms with E-state index in [0.29, 0.717) is 5.95 Å². The van der Waals surface area contributed by atoms with Crippen molar-refractivity contribution in [2.45, 2.75) is 39.2 Å². The van der Waals surface area contributed by atoms with Gasteiger partial charge in [-0.05, 0) is 45.2 Å². The number of benzene rings is 1. The van der Waals surface area contributed by atoms with Gasteiger partial charge in [-0.25, -0.2) is 0 Å². The molecule has 0 aliphatic carbocycles. The van der Waals surface area contributed by atoms with Crippen LogP contribution in [0.25, 0.3) is 0 Å². The summed E-state index contributed by atoms with van der Waals surface area (Å²) < 4.78 is 0. The molecule has 1 aromatic carbocycles. The van der Waals surface area contributed by atoms with Crippen molar-refractivity contribution in [3.63, 3.8) is 0 Å². The van der Waals surface area contributed by atoms with Crippen molar-refractivity contribution in [1.82, 2.24) is 15.2 Å². The Morgan fingerprint density at radius 2 is 2.00 bits per heavy atom. The molecule has 0 fully saturated rings. The molecule has 1 aromatic heterocycles. The Balaban J connectivity index is 1.93. The van der Waals surface area contributed by atoms with Crippen LogP contribution < -0.4 is 10.2 Å². The lowest BCUT2D eigenvalue weighted by Crippen LogP contribution is -2.29. The van der Waals surface area contributed by atoms with E-state index in [1.807, 2.05) is 0 Å². The zero-order valence-corrected chi connectivity index (χ0v) is 12.8. The first kappa shape index (κ1) is 13.8. The SMILES string of the molecule is CC(C)(C)Nc1cnnc(N2CCCc3ccccc32)n1. The van der Waals surface area contributed by atoms with E-state index >= 15 is 0 Å². The van der Waals surface area contributed by atoms with Gasteiger partial charge in [0.05, 0.1) is 6.20 Å². The number of nitrogens with one attached hydrogen (secondary N) is 1. The fraction of sp³-hybridized carbons (Fsp3) is 0.438. The van der Waals surface area contributed by atoms with Gasteiger partial charge in [0.1, 0.15) is 0 Å². The minimum atomic E-state index is -0.0485. The molecule has 1 aliphatic heterocycles. The number of rotatable bonds is 2.